The quantitative estimate of drug-likeness (QED) is 0.377. The standard InChI is InChI=1S/C17H26N4O2/c1-3-5-6-10-14-17(18-12-16(22)20-23)19-15-11-7-9-13(8-4-2)21(14)15/h7,9,11,18,23H,3-6,8,10,12H2,1-2H3,(H,20,22). The first-order valence-electron chi connectivity index (χ1n) is 8.37. The summed E-state index contributed by atoms with van der Waals surface area (Å²) < 4.78 is 2.21. The van der Waals surface area contributed by atoms with Crippen LogP contribution in [0, 0.1) is 0 Å². The molecule has 23 heavy (non-hydrogen) atoms. The van der Waals surface area contributed by atoms with Crippen LogP contribution in [0.4, 0.5) is 5.82 Å². The molecule has 0 aromatic carbocycles. The Morgan fingerprint density at radius 2 is 2.04 bits per heavy atom. The maximum absolute atomic E-state index is 11.3. The number of amides is 1. The van der Waals surface area contributed by atoms with Gasteiger partial charge in [0.25, 0.3) is 5.91 Å². The van der Waals surface area contributed by atoms with Crippen LogP contribution in [-0.4, -0.2) is 27.0 Å². The number of hydrogen-bond acceptors (Lipinski definition) is 4. The number of pyridine rings is 1. The van der Waals surface area contributed by atoms with Crippen LogP contribution >= 0.6 is 0 Å². The SMILES string of the molecule is CCCCCc1c(NCC(=O)NO)nc2cccc(CCC)n12. The lowest BCUT2D eigenvalue weighted by atomic mass is 10.1. The van der Waals surface area contributed by atoms with E-state index >= 15 is 0 Å². The Labute approximate surface area is 136 Å². The average molecular weight is 318 g/mol. The van der Waals surface area contributed by atoms with Gasteiger partial charge in [-0.25, -0.2) is 10.5 Å². The molecule has 0 bridgehead atoms. The van der Waals surface area contributed by atoms with Gasteiger partial charge in [0.05, 0.1) is 12.2 Å². The molecule has 126 valence electrons. The molecule has 6 heteroatoms. The summed E-state index contributed by atoms with van der Waals surface area (Å²) in [7, 11) is 0. The van der Waals surface area contributed by atoms with Crippen LogP contribution in [0.15, 0.2) is 18.2 Å². The van der Waals surface area contributed by atoms with Crippen LogP contribution in [0.25, 0.3) is 5.65 Å². The summed E-state index contributed by atoms with van der Waals surface area (Å²) in [6.45, 7) is 4.35. The van der Waals surface area contributed by atoms with E-state index in [4.69, 9.17) is 5.21 Å². The summed E-state index contributed by atoms with van der Waals surface area (Å²) >= 11 is 0. The van der Waals surface area contributed by atoms with Crippen LogP contribution in [0.1, 0.15) is 50.9 Å². The lowest BCUT2D eigenvalue weighted by molar-refractivity contribution is -0.127. The molecule has 0 saturated carbocycles. The first-order valence-corrected chi connectivity index (χ1v) is 8.37. The number of nitrogens with one attached hydrogen (secondary N) is 2. The third-order valence-corrected chi connectivity index (χ3v) is 3.88. The van der Waals surface area contributed by atoms with E-state index < -0.39 is 5.91 Å². The lowest BCUT2D eigenvalue weighted by Crippen LogP contribution is -2.27. The molecule has 0 aliphatic carbocycles. The Kier molecular flexibility index (Phi) is 6.40. The van der Waals surface area contributed by atoms with Crippen molar-refractivity contribution in [1.29, 1.82) is 0 Å². The number of nitrogens with zero attached hydrogens (tertiary/aromatic N) is 2. The molecular formula is C17H26N4O2. The molecule has 6 nitrogen and oxygen atoms in total. The van der Waals surface area contributed by atoms with Crippen molar-refractivity contribution in [1.82, 2.24) is 14.9 Å². The Balaban J connectivity index is 2.37. The third kappa shape index (κ3) is 4.22. The van der Waals surface area contributed by atoms with Gasteiger partial charge in [-0.15, -0.1) is 0 Å². The maximum Gasteiger partial charge on any atom is 0.262 e. The summed E-state index contributed by atoms with van der Waals surface area (Å²) in [5.74, 6) is 0.253. The van der Waals surface area contributed by atoms with Gasteiger partial charge in [-0.2, -0.15) is 0 Å². The molecule has 2 rings (SSSR count). The fourth-order valence-corrected chi connectivity index (χ4v) is 2.79. The zero-order chi connectivity index (χ0) is 16.7. The van der Waals surface area contributed by atoms with E-state index in [1.807, 2.05) is 12.1 Å². The number of carbonyl (C=O) groups is 1. The van der Waals surface area contributed by atoms with Gasteiger partial charge in [0, 0.05) is 5.69 Å². The summed E-state index contributed by atoms with van der Waals surface area (Å²) in [4.78, 5) is 15.9. The van der Waals surface area contributed by atoms with Crippen LogP contribution < -0.4 is 10.8 Å². The summed E-state index contributed by atoms with van der Waals surface area (Å²) in [6, 6.07) is 6.14. The molecule has 0 unspecified atom stereocenters. The van der Waals surface area contributed by atoms with E-state index in [2.05, 4.69) is 34.6 Å². The molecular weight excluding hydrogens is 292 g/mol. The number of unbranched alkanes of at least 4 members (excludes halogenated alkanes) is 2. The van der Waals surface area contributed by atoms with Gasteiger partial charge < -0.3 is 5.32 Å². The zero-order valence-corrected chi connectivity index (χ0v) is 13.9. The largest absolute Gasteiger partial charge is 0.359 e. The van der Waals surface area contributed by atoms with Gasteiger partial charge in [-0.05, 0) is 31.4 Å². The fraction of sp³-hybridized carbons (Fsp3) is 0.529. The van der Waals surface area contributed by atoms with E-state index in [0.717, 1.165) is 49.3 Å². The number of imidazole rings is 1. The van der Waals surface area contributed by atoms with Crippen molar-refractivity contribution in [2.24, 2.45) is 0 Å². The van der Waals surface area contributed by atoms with E-state index in [0.29, 0.717) is 0 Å². The Morgan fingerprint density at radius 1 is 1.22 bits per heavy atom. The number of hydrogen-bond donors (Lipinski definition) is 3. The van der Waals surface area contributed by atoms with Gasteiger partial charge in [0.2, 0.25) is 0 Å². The highest BCUT2D eigenvalue weighted by Crippen LogP contribution is 2.22. The van der Waals surface area contributed by atoms with Gasteiger partial charge in [0.15, 0.2) is 0 Å². The number of anilines is 1. The van der Waals surface area contributed by atoms with Crippen molar-refractivity contribution in [3.8, 4) is 0 Å². The minimum Gasteiger partial charge on any atom is -0.359 e. The Bertz CT molecular complexity index is 651. The first-order chi connectivity index (χ1) is 11.2. The van der Waals surface area contributed by atoms with Crippen molar-refractivity contribution >= 4 is 17.4 Å². The highest BCUT2D eigenvalue weighted by molar-refractivity contribution is 5.79. The smallest absolute Gasteiger partial charge is 0.262 e. The lowest BCUT2D eigenvalue weighted by Gasteiger charge is -2.10. The molecule has 3 N–H and O–H groups in total. The topological polar surface area (TPSA) is 78.7 Å². The molecule has 2 heterocycles. The third-order valence-electron chi connectivity index (χ3n) is 3.88. The number of aryl methyl sites for hydroxylation is 2. The van der Waals surface area contributed by atoms with E-state index in [-0.39, 0.29) is 6.54 Å². The number of rotatable bonds is 9. The number of carbonyl (C=O) groups excluding carboxylic acids is 1. The maximum atomic E-state index is 11.3. The number of aromatic nitrogens is 2. The van der Waals surface area contributed by atoms with Gasteiger partial charge in [0.1, 0.15) is 11.5 Å². The molecule has 0 atom stereocenters. The Morgan fingerprint density at radius 3 is 2.74 bits per heavy atom. The minimum absolute atomic E-state index is 0.00424. The van der Waals surface area contributed by atoms with Crippen molar-refractivity contribution < 1.29 is 10.0 Å². The molecule has 0 fully saturated rings. The van der Waals surface area contributed by atoms with Crippen molar-refractivity contribution in [2.45, 2.75) is 52.4 Å². The van der Waals surface area contributed by atoms with Gasteiger partial charge in [-0.3, -0.25) is 14.4 Å². The normalized spacial score (nSPS) is 10.9. The highest BCUT2D eigenvalue weighted by Gasteiger charge is 2.15. The zero-order valence-electron chi connectivity index (χ0n) is 13.9. The van der Waals surface area contributed by atoms with E-state index in [1.54, 1.807) is 5.48 Å². The summed E-state index contributed by atoms with van der Waals surface area (Å²) in [5, 5.41) is 11.7. The molecule has 0 radical (unpaired) electrons. The average Bonchev–Trinajstić information content (AvgIpc) is 2.92. The number of hydroxylamine groups is 1. The second-order valence-electron chi connectivity index (χ2n) is 5.71. The summed E-state index contributed by atoms with van der Waals surface area (Å²) in [6.07, 6.45) is 6.39. The predicted octanol–water partition coefficient (Wildman–Crippen LogP) is 2.94. The second kappa shape index (κ2) is 8.53. The van der Waals surface area contributed by atoms with Crippen LogP contribution in [0.3, 0.4) is 0 Å². The van der Waals surface area contributed by atoms with Gasteiger partial charge in [-0.1, -0.05) is 39.2 Å². The molecule has 0 spiro atoms. The molecule has 0 aliphatic rings. The molecule has 1 amide bonds. The Hall–Kier alpha value is -2.08. The first kappa shape index (κ1) is 17.3. The van der Waals surface area contributed by atoms with E-state index in [1.165, 1.54) is 12.1 Å². The minimum atomic E-state index is -0.477. The highest BCUT2D eigenvalue weighted by atomic mass is 16.5. The molecule has 0 saturated heterocycles. The van der Waals surface area contributed by atoms with Crippen molar-refractivity contribution in [2.75, 3.05) is 11.9 Å². The van der Waals surface area contributed by atoms with Crippen molar-refractivity contribution in [3.05, 3.63) is 29.6 Å². The molecule has 0 aliphatic heterocycles. The predicted molar refractivity (Wildman–Crippen MR) is 90.8 cm³/mol. The van der Waals surface area contributed by atoms with Gasteiger partial charge >= 0.3 is 0 Å². The molecule has 2 aromatic heterocycles. The van der Waals surface area contributed by atoms with Crippen LogP contribution in [-0.2, 0) is 17.6 Å². The van der Waals surface area contributed by atoms with Crippen LogP contribution in [0.5, 0.6) is 0 Å². The fourth-order valence-electron chi connectivity index (χ4n) is 2.79. The molecule has 2 aromatic rings. The second-order valence-corrected chi connectivity index (χ2v) is 5.71. The summed E-state index contributed by atoms with van der Waals surface area (Å²) in [5.41, 5.74) is 4.89. The van der Waals surface area contributed by atoms with Crippen LogP contribution in [0.2, 0.25) is 0 Å². The monoisotopic (exact) mass is 318 g/mol. The number of fused-ring (bicyclic) bond motifs is 1. The van der Waals surface area contributed by atoms with E-state index in [9.17, 15) is 4.79 Å². The van der Waals surface area contributed by atoms with Crippen molar-refractivity contribution in [3.63, 3.8) is 0 Å².